The van der Waals surface area contributed by atoms with Gasteiger partial charge in [0.25, 0.3) is 5.91 Å². The Kier molecular flexibility index (Phi) is 5.51. The Labute approximate surface area is 236 Å². The van der Waals surface area contributed by atoms with Gasteiger partial charge in [-0.3, -0.25) is 14.4 Å². The van der Waals surface area contributed by atoms with Crippen LogP contribution in [0.25, 0.3) is 0 Å². The first-order valence-electron chi connectivity index (χ1n) is 13.2. The van der Waals surface area contributed by atoms with Crippen LogP contribution in [0.4, 0.5) is 5.69 Å². The molecule has 0 saturated carbocycles. The Morgan fingerprint density at radius 2 is 1.45 bits per heavy atom. The summed E-state index contributed by atoms with van der Waals surface area (Å²) in [6.45, 7) is 1.95. The second-order valence-corrected chi connectivity index (χ2v) is 11.0. The molecule has 1 fully saturated rings. The highest BCUT2D eigenvalue weighted by atomic mass is 35.5. The third-order valence-corrected chi connectivity index (χ3v) is 8.84. The van der Waals surface area contributed by atoms with Crippen molar-refractivity contribution in [1.82, 2.24) is 5.43 Å². The summed E-state index contributed by atoms with van der Waals surface area (Å²) in [4.78, 5) is 42.7. The Balaban J connectivity index is 1.41. The van der Waals surface area contributed by atoms with Gasteiger partial charge in [0, 0.05) is 17.7 Å². The van der Waals surface area contributed by atoms with E-state index in [4.69, 9.17) is 11.6 Å². The third kappa shape index (κ3) is 3.29. The van der Waals surface area contributed by atoms with Crippen LogP contribution >= 0.6 is 11.6 Å². The molecule has 2 bridgehead atoms. The van der Waals surface area contributed by atoms with E-state index >= 15 is 0 Å². The topological polar surface area (TPSA) is 78.8 Å². The molecule has 4 aromatic rings. The molecule has 6 nitrogen and oxygen atoms in total. The van der Waals surface area contributed by atoms with Crippen molar-refractivity contribution in [3.05, 3.63) is 135 Å². The summed E-state index contributed by atoms with van der Waals surface area (Å²) in [5, 5.41) is 4.79. The molecule has 1 aliphatic heterocycles. The van der Waals surface area contributed by atoms with E-state index in [0.29, 0.717) is 16.3 Å². The maximum Gasteiger partial charge on any atom is 0.271 e. The number of anilines is 1. The number of aryl methyl sites for hydroxylation is 1. The van der Waals surface area contributed by atoms with Crippen molar-refractivity contribution in [1.29, 1.82) is 0 Å². The van der Waals surface area contributed by atoms with Gasteiger partial charge in [0.1, 0.15) is 0 Å². The summed E-state index contributed by atoms with van der Waals surface area (Å²) in [7, 11) is 0. The predicted molar refractivity (Wildman–Crippen MR) is 154 cm³/mol. The van der Waals surface area contributed by atoms with Crippen molar-refractivity contribution in [2.75, 3.05) is 4.90 Å². The van der Waals surface area contributed by atoms with Crippen molar-refractivity contribution >= 4 is 41.2 Å². The highest BCUT2D eigenvalue weighted by Gasteiger charge is 2.68. The second kappa shape index (κ2) is 9.00. The summed E-state index contributed by atoms with van der Waals surface area (Å²) in [6, 6.07) is 29.9. The molecule has 40 heavy (non-hydrogen) atoms. The summed E-state index contributed by atoms with van der Waals surface area (Å²) in [5.41, 5.74) is 7.28. The zero-order chi connectivity index (χ0) is 27.6. The molecule has 4 aliphatic rings. The molecule has 2 atom stereocenters. The number of carbonyl (C=O) groups is 3. The molecule has 1 N–H and O–H groups in total. The van der Waals surface area contributed by atoms with Crippen molar-refractivity contribution in [2.45, 2.75) is 18.3 Å². The average molecular weight is 546 g/mol. The fraction of sp³-hybridized carbons (Fsp3) is 0.152. The highest BCUT2D eigenvalue weighted by Crippen LogP contribution is 2.63. The zero-order valence-electron chi connectivity index (χ0n) is 21.5. The first kappa shape index (κ1) is 24.5. The lowest BCUT2D eigenvalue weighted by Gasteiger charge is -2.52. The minimum Gasteiger partial charge on any atom is -0.274 e. The van der Waals surface area contributed by atoms with E-state index in [-0.39, 0.29) is 23.6 Å². The molecule has 3 amide bonds. The number of imide groups is 1. The average Bonchev–Trinajstić information content (AvgIpc) is 3.24. The summed E-state index contributed by atoms with van der Waals surface area (Å²) in [6.07, 6.45) is 1.66. The summed E-state index contributed by atoms with van der Waals surface area (Å²) in [5.74, 6) is -2.66. The number of para-hydroxylation sites is 1. The van der Waals surface area contributed by atoms with E-state index in [1.54, 1.807) is 42.6 Å². The van der Waals surface area contributed by atoms with Crippen LogP contribution in [-0.4, -0.2) is 23.9 Å². The number of benzene rings is 4. The van der Waals surface area contributed by atoms with Crippen molar-refractivity contribution in [3.8, 4) is 0 Å². The molecule has 8 rings (SSSR count). The van der Waals surface area contributed by atoms with E-state index in [1.807, 2.05) is 67.6 Å². The van der Waals surface area contributed by atoms with E-state index in [2.05, 4.69) is 10.5 Å². The van der Waals surface area contributed by atoms with E-state index in [0.717, 1.165) is 27.8 Å². The normalized spacial score (nSPS) is 24.1. The molecule has 0 aromatic heterocycles. The molecule has 7 heteroatoms. The van der Waals surface area contributed by atoms with Gasteiger partial charge in [-0.05, 0) is 53.4 Å². The molecular formula is C33H24ClN3O3. The number of amides is 3. The van der Waals surface area contributed by atoms with Crippen LogP contribution in [0.3, 0.4) is 0 Å². The molecule has 2 unspecified atom stereocenters. The number of hydrogen-bond acceptors (Lipinski definition) is 4. The standard InChI is InChI=1S/C33H24ClN3O3/c1-19-14-16-20(17-15-19)30(38)36-35-18-33-23-10-4-2-8-21(23)27(22-9-3-5-11-24(22)33)28-29(33)32(40)37(31(28)39)26-13-7-6-12-25(26)34/h2-18,27-29H,1H3,(H,36,38)/b35-18+. The number of halogens is 1. The molecule has 4 aromatic carbocycles. The van der Waals surface area contributed by atoms with Crippen LogP contribution in [0, 0.1) is 18.8 Å². The Hall–Kier alpha value is -4.55. The van der Waals surface area contributed by atoms with Crippen molar-refractivity contribution in [2.24, 2.45) is 16.9 Å². The number of nitrogens with one attached hydrogen (secondary N) is 1. The smallest absolute Gasteiger partial charge is 0.271 e. The van der Waals surface area contributed by atoms with Crippen LogP contribution in [0.15, 0.2) is 102 Å². The Morgan fingerprint density at radius 3 is 2.10 bits per heavy atom. The molecule has 196 valence electrons. The maximum absolute atomic E-state index is 14.4. The van der Waals surface area contributed by atoms with Gasteiger partial charge in [0.05, 0.1) is 28.0 Å². The summed E-state index contributed by atoms with van der Waals surface area (Å²) >= 11 is 6.50. The molecular weight excluding hydrogens is 522 g/mol. The lowest BCUT2D eigenvalue weighted by atomic mass is 9.47. The number of nitrogens with zero attached hydrogens (tertiary/aromatic N) is 2. The fourth-order valence-electron chi connectivity index (χ4n) is 6.88. The largest absolute Gasteiger partial charge is 0.274 e. The van der Waals surface area contributed by atoms with Gasteiger partial charge in [-0.15, -0.1) is 0 Å². The van der Waals surface area contributed by atoms with Gasteiger partial charge in [-0.1, -0.05) is 90.0 Å². The van der Waals surface area contributed by atoms with Gasteiger partial charge in [0.2, 0.25) is 11.8 Å². The Morgan fingerprint density at radius 1 is 0.850 bits per heavy atom. The number of carbonyl (C=O) groups excluding carboxylic acids is 3. The number of hydrazone groups is 1. The molecule has 0 radical (unpaired) electrons. The second-order valence-electron chi connectivity index (χ2n) is 10.6. The quantitative estimate of drug-likeness (QED) is 0.205. The first-order chi connectivity index (χ1) is 19.4. The minimum atomic E-state index is -1.07. The monoisotopic (exact) mass is 545 g/mol. The fourth-order valence-corrected chi connectivity index (χ4v) is 7.10. The lowest BCUT2D eigenvalue weighted by molar-refractivity contribution is -0.122. The van der Waals surface area contributed by atoms with Gasteiger partial charge < -0.3 is 0 Å². The van der Waals surface area contributed by atoms with Gasteiger partial charge >= 0.3 is 0 Å². The Bertz CT molecular complexity index is 1700. The predicted octanol–water partition coefficient (Wildman–Crippen LogP) is 5.62. The highest BCUT2D eigenvalue weighted by molar-refractivity contribution is 6.36. The van der Waals surface area contributed by atoms with Crippen LogP contribution in [0.2, 0.25) is 5.02 Å². The van der Waals surface area contributed by atoms with Gasteiger partial charge in [0.15, 0.2) is 0 Å². The van der Waals surface area contributed by atoms with Crippen LogP contribution in [0.5, 0.6) is 0 Å². The van der Waals surface area contributed by atoms with Crippen LogP contribution in [0.1, 0.15) is 44.1 Å². The number of rotatable bonds is 4. The number of hydrogen-bond donors (Lipinski definition) is 1. The minimum absolute atomic E-state index is 0.279. The van der Waals surface area contributed by atoms with Crippen molar-refractivity contribution in [3.63, 3.8) is 0 Å². The van der Waals surface area contributed by atoms with E-state index in [1.165, 1.54) is 4.90 Å². The van der Waals surface area contributed by atoms with E-state index in [9.17, 15) is 14.4 Å². The van der Waals surface area contributed by atoms with Crippen LogP contribution < -0.4 is 10.3 Å². The molecule has 1 saturated heterocycles. The third-order valence-electron chi connectivity index (χ3n) is 8.53. The SMILES string of the molecule is Cc1ccc(C(=O)N/N=C/C23c4ccccc4C(c4ccccc42)C2C(=O)N(c4ccccc4Cl)C(=O)C23)cc1. The maximum atomic E-state index is 14.4. The van der Waals surface area contributed by atoms with Crippen LogP contribution in [-0.2, 0) is 15.0 Å². The zero-order valence-corrected chi connectivity index (χ0v) is 22.3. The van der Waals surface area contributed by atoms with E-state index < -0.39 is 17.3 Å². The molecule has 0 spiro atoms. The summed E-state index contributed by atoms with van der Waals surface area (Å²) < 4.78 is 0. The van der Waals surface area contributed by atoms with Crippen molar-refractivity contribution < 1.29 is 14.4 Å². The lowest BCUT2D eigenvalue weighted by Crippen LogP contribution is -2.54. The van der Waals surface area contributed by atoms with Gasteiger partial charge in [-0.2, -0.15) is 5.10 Å². The molecule has 3 aliphatic carbocycles. The van der Waals surface area contributed by atoms with Gasteiger partial charge in [-0.25, -0.2) is 10.3 Å². The first-order valence-corrected chi connectivity index (χ1v) is 13.5. The molecule has 1 heterocycles.